The highest BCUT2D eigenvalue weighted by molar-refractivity contribution is 7.99. The van der Waals surface area contributed by atoms with Crippen LogP contribution in [0.3, 0.4) is 0 Å². The van der Waals surface area contributed by atoms with Crippen molar-refractivity contribution >= 4 is 11.8 Å². The van der Waals surface area contributed by atoms with E-state index in [4.69, 9.17) is 0 Å². The van der Waals surface area contributed by atoms with Crippen molar-refractivity contribution in [3.05, 3.63) is 35.4 Å². The van der Waals surface area contributed by atoms with Gasteiger partial charge in [0.15, 0.2) is 11.6 Å². The summed E-state index contributed by atoms with van der Waals surface area (Å²) in [7, 11) is 1.76. The summed E-state index contributed by atoms with van der Waals surface area (Å²) in [4.78, 5) is 0. The largest absolute Gasteiger partial charge is 0.312 e. The third-order valence-electron chi connectivity index (χ3n) is 2.19. The first-order chi connectivity index (χ1) is 7.20. The van der Waals surface area contributed by atoms with Crippen molar-refractivity contribution in [2.45, 2.75) is 13.0 Å². The predicted octanol–water partition coefficient (Wildman–Crippen LogP) is 2.98. The SMILES string of the molecule is CCSCC(NC)c1cccc(F)c1F. The lowest BCUT2D eigenvalue weighted by Gasteiger charge is -2.16. The highest BCUT2D eigenvalue weighted by atomic mass is 32.2. The molecule has 0 aliphatic rings. The molecule has 0 heterocycles. The van der Waals surface area contributed by atoms with E-state index in [0.29, 0.717) is 5.56 Å². The minimum absolute atomic E-state index is 0.134. The summed E-state index contributed by atoms with van der Waals surface area (Å²) in [5.41, 5.74) is 0.401. The Morgan fingerprint density at radius 2 is 2.13 bits per heavy atom. The Morgan fingerprint density at radius 3 is 2.73 bits per heavy atom. The van der Waals surface area contributed by atoms with Crippen LogP contribution in [-0.2, 0) is 0 Å². The number of rotatable bonds is 5. The topological polar surface area (TPSA) is 12.0 Å². The Bertz CT molecular complexity index is 317. The van der Waals surface area contributed by atoms with Crippen LogP contribution >= 0.6 is 11.8 Å². The highest BCUT2D eigenvalue weighted by Gasteiger charge is 2.16. The average molecular weight is 231 g/mol. The molecule has 0 fully saturated rings. The number of benzene rings is 1. The molecule has 0 aliphatic heterocycles. The molecule has 0 saturated carbocycles. The van der Waals surface area contributed by atoms with E-state index in [1.165, 1.54) is 6.07 Å². The molecule has 1 aromatic rings. The van der Waals surface area contributed by atoms with E-state index < -0.39 is 11.6 Å². The van der Waals surface area contributed by atoms with E-state index in [2.05, 4.69) is 5.32 Å². The highest BCUT2D eigenvalue weighted by Crippen LogP contribution is 2.22. The van der Waals surface area contributed by atoms with Gasteiger partial charge in [0.05, 0.1) is 0 Å². The maximum absolute atomic E-state index is 13.4. The van der Waals surface area contributed by atoms with Crippen molar-refractivity contribution in [3.8, 4) is 0 Å². The Kier molecular flexibility index (Phi) is 5.05. The zero-order valence-corrected chi connectivity index (χ0v) is 9.70. The lowest BCUT2D eigenvalue weighted by atomic mass is 10.1. The summed E-state index contributed by atoms with van der Waals surface area (Å²) in [5, 5.41) is 2.99. The van der Waals surface area contributed by atoms with Crippen molar-refractivity contribution in [1.82, 2.24) is 5.32 Å². The Morgan fingerprint density at radius 1 is 1.40 bits per heavy atom. The maximum atomic E-state index is 13.4. The molecule has 0 saturated heterocycles. The monoisotopic (exact) mass is 231 g/mol. The first kappa shape index (κ1) is 12.5. The van der Waals surface area contributed by atoms with E-state index in [1.807, 2.05) is 6.92 Å². The van der Waals surface area contributed by atoms with Gasteiger partial charge in [0, 0.05) is 17.4 Å². The van der Waals surface area contributed by atoms with Crippen LogP contribution in [0.2, 0.25) is 0 Å². The zero-order valence-electron chi connectivity index (χ0n) is 8.89. The molecular formula is C11H15F2NS. The number of hydrogen-bond donors (Lipinski definition) is 1. The van der Waals surface area contributed by atoms with Crippen LogP contribution in [-0.4, -0.2) is 18.6 Å². The smallest absolute Gasteiger partial charge is 0.163 e. The van der Waals surface area contributed by atoms with Crippen LogP contribution < -0.4 is 5.32 Å². The molecule has 1 unspecified atom stereocenters. The van der Waals surface area contributed by atoms with Gasteiger partial charge in [-0.3, -0.25) is 0 Å². The first-order valence-electron chi connectivity index (χ1n) is 4.89. The molecule has 0 aliphatic carbocycles. The third kappa shape index (κ3) is 3.18. The second kappa shape index (κ2) is 6.08. The predicted molar refractivity (Wildman–Crippen MR) is 61.2 cm³/mol. The second-order valence-electron chi connectivity index (χ2n) is 3.14. The number of halogens is 2. The van der Waals surface area contributed by atoms with Gasteiger partial charge in [-0.15, -0.1) is 0 Å². The molecule has 0 amide bonds. The van der Waals surface area contributed by atoms with Crippen molar-refractivity contribution < 1.29 is 8.78 Å². The molecule has 84 valence electrons. The van der Waals surface area contributed by atoms with Gasteiger partial charge in [0.25, 0.3) is 0 Å². The summed E-state index contributed by atoms with van der Waals surface area (Å²) in [5.74, 6) is 0.186. The lowest BCUT2D eigenvalue weighted by Crippen LogP contribution is -2.20. The van der Waals surface area contributed by atoms with Crippen LogP contribution in [0, 0.1) is 11.6 Å². The summed E-state index contributed by atoms with van der Waals surface area (Å²) in [6.07, 6.45) is 0. The Hall–Kier alpha value is -0.610. The van der Waals surface area contributed by atoms with Crippen molar-refractivity contribution in [3.63, 3.8) is 0 Å². The standard InChI is InChI=1S/C11H15F2NS/c1-3-15-7-10(14-2)8-5-4-6-9(12)11(8)13/h4-6,10,14H,3,7H2,1-2H3. The van der Waals surface area contributed by atoms with Crippen molar-refractivity contribution in [2.75, 3.05) is 18.6 Å². The van der Waals surface area contributed by atoms with Gasteiger partial charge < -0.3 is 5.32 Å². The van der Waals surface area contributed by atoms with Crippen molar-refractivity contribution in [1.29, 1.82) is 0 Å². The number of nitrogens with one attached hydrogen (secondary N) is 1. The fraction of sp³-hybridized carbons (Fsp3) is 0.455. The van der Waals surface area contributed by atoms with Crippen LogP contribution in [0.1, 0.15) is 18.5 Å². The van der Waals surface area contributed by atoms with Crippen LogP contribution in [0.4, 0.5) is 8.78 Å². The van der Waals surface area contributed by atoms with Crippen molar-refractivity contribution in [2.24, 2.45) is 0 Å². The van der Waals surface area contributed by atoms with Crippen LogP contribution in [0.15, 0.2) is 18.2 Å². The van der Waals surface area contributed by atoms with Crippen LogP contribution in [0.5, 0.6) is 0 Å². The van der Waals surface area contributed by atoms with Gasteiger partial charge in [0.1, 0.15) is 0 Å². The molecule has 1 aromatic carbocycles. The molecule has 1 rings (SSSR count). The molecule has 4 heteroatoms. The van der Waals surface area contributed by atoms with E-state index in [9.17, 15) is 8.78 Å². The minimum Gasteiger partial charge on any atom is -0.312 e. The van der Waals surface area contributed by atoms with Gasteiger partial charge in [0.2, 0.25) is 0 Å². The normalized spacial score (nSPS) is 12.8. The molecule has 1 nitrogen and oxygen atoms in total. The molecule has 0 radical (unpaired) electrons. The van der Waals surface area contributed by atoms with Gasteiger partial charge in [-0.05, 0) is 18.9 Å². The van der Waals surface area contributed by atoms with E-state index >= 15 is 0 Å². The molecule has 0 aromatic heterocycles. The van der Waals surface area contributed by atoms with E-state index in [1.54, 1.807) is 24.9 Å². The quantitative estimate of drug-likeness (QED) is 0.836. The maximum Gasteiger partial charge on any atom is 0.163 e. The van der Waals surface area contributed by atoms with Gasteiger partial charge in [-0.1, -0.05) is 19.1 Å². The van der Waals surface area contributed by atoms with Crippen LogP contribution in [0.25, 0.3) is 0 Å². The molecule has 1 atom stereocenters. The molecule has 15 heavy (non-hydrogen) atoms. The third-order valence-corrected chi connectivity index (χ3v) is 3.17. The fourth-order valence-electron chi connectivity index (χ4n) is 1.35. The molecular weight excluding hydrogens is 216 g/mol. The Balaban J connectivity index is 2.86. The summed E-state index contributed by atoms with van der Waals surface area (Å²) in [6, 6.07) is 4.16. The van der Waals surface area contributed by atoms with Gasteiger partial charge in [-0.2, -0.15) is 11.8 Å². The lowest BCUT2D eigenvalue weighted by molar-refractivity contribution is 0.484. The average Bonchev–Trinajstić information content (AvgIpc) is 2.25. The summed E-state index contributed by atoms with van der Waals surface area (Å²) >= 11 is 1.70. The zero-order chi connectivity index (χ0) is 11.3. The summed E-state index contributed by atoms with van der Waals surface area (Å²) in [6.45, 7) is 2.04. The van der Waals surface area contributed by atoms with E-state index in [0.717, 1.165) is 17.6 Å². The summed E-state index contributed by atoms with van der Waals surface area (Å²) < 4.78 is 26.4. The molecule has 0 bridgehead atoms. The molecule has 1 N–H and O–H groups in total. The number of thioether (sulfide) groups is 1. The Labute approximate surface area is 93.3 Å². The van der Waals surface area contributed by atoms with E-state index in [-0.39, 0.29) is 6.04 Å². The second-order valence-corrected chi connectivity index (χ2v) is 4.46. The fourth-order valence-corrected chi connectivity index (χ4v) is 2.17. The minimum atomic E-state index is -0.783. The molecule has 0 spiro atoms. The van der Waals surface area contributed by atoms with Gasteiger partial charge >= 0.3 is 0 Å². The number of hydrogen-bond acceptors (Lipinski definition) is 2. The van der Waals surface area contributed by atoms with Gasteiger partial charge in [-0.25, -0.2) is 8.78 Å². The first-order valence-corrected chi connectivity index (χ1v) is 6.05.